The number of carbonyl (C=O) groups is 1. The van der Waals surface area contributed by atoms with Crippen LogP contribution in [0.3, 0.4) is 0 Å². The summed E-state index contributed by atoms with van der Waals surface area (Å²) in [6.45, 7) is 0.212. The van der Waals surface area contributed by atoms with Crippen LogP contribution >= 0.6 is 11.6 Å². The van der Waals surface area contributed by atoms with Crippen molar-refractivity contribution < 1.29 is 14.3 Å². The summed E-state index contributed by atoms with van der Waals surface area (Å²) < 4.78 is 10.8. The third kappa shape index (κ3) is 4.73. The summed E-state index contributed by atoms with van der Waals surface area (Å²) in [5, 5.41) is 6.10. The van der Waals surface area contributed by atoms with E-state index in [1.807, 2.05) is 61.0 Å². The smallest absolute Gasteiger partial charge is 0.231 e. The first-order valence-electron chi connectivity index (χ1n) is 12.5. The number of halogens is 1. The van der Waals surface area contributed by atoms with Crippen LogP contribution in [-0.2, 0) is 12.8 Å². The molecular weight excluding hydrogens is 482 g/mol. The molecule has 3 aromatic rings. The lowest BCUT2D eigenvalue weighted by Gasteiger charge is -2.21. The molecule has 4 nitrogen and oxygen atoms in total. The van der Waals surface area contributed by atoms with E-state index in [0.29, 0.717) is 17.1 Å². The normalized spacial score (nSPS) is 17.5. The Hall–Kier alpha value is -4.02. The van der Waals surface area contributed by atoms with Gasteiger partial charge in [-0.05, 0) is 94.4 Å². The SMILES string of the molecule is C1=CC=CNC=C1.O=C(c1ccc2c(c1)OCO2)C1C=c2c(ccc3c2=CCc2ccc(Cl)cc2-3)CC1. The van der Waals surface area contributed by atoms with Gasteiger partial charge in [0.1, 0.15) is 0 Å². The highest BCUT2D eigenvalue weighted by atomic mass is 35.5. The number of benzene rings is 3. The second-order valence-corrected chi connectivity index (χ2v) is 9.76. The second kappa shape index (κ2) is 10.2. The quantitative estimate of drug-likeness (QED) is 0.467. The van der Waals surface area contributed by atoms with E-state index in [1.165, 1.54) is 32.7 Å². The molecule has 0 aromatic heterocycles. The third-order valence-corrected chi connectivity index (χ3v) is 7.31. The first-order chi connectivity index (χ1) is 18.2. The van der Waals surface area contributed by atoms with Crippen molar-refractivity contribution in [3.05, 3.63) is 117 Å². The highest BCUT2D eigenvalue weighted by Crippen LogP contribution is 2.34. The number of carbonyl (C=O) groups excluding carboxylic acids is 1. The van der Waals surface area contributed by atoms with Crippen molar-refractivity contribution in [3.63, 3.8) is 0 Å². The summed E-state index contributed by atoms with van der Waals surface area (Å²) in [7, 11) is 0. The maximum absolute atomic E-state index is 13.3. The largest absolute Gasteiger partial charge is 0.454 e. The lowest BCUT2D eigenvalue weighted by atomic mass is 9.82. The van der Waals surface area contributed by atoms with Gasteiger partial charge in [0.25, 0.3) is 0 Å². The summed E-state index contributed by atoms with van der Waals surface area (Å²) in [6.07, 6.45) is 18.6. The fourth-order valence-corrected chi connectivity index (χ4v) is 5.38. The molecule has 1 atom stereocenters. The number of hydrogen-bond donors (Lipinski definition) is 1. The Balaban J connectivity index is 0.000000314. The molecule has 0 spiro atoms. The monoisotopic (exact) mass is 507 g/mol. The minimum absolute atomic E-state index is 0.135. The van der Waals surface area contributed by atoms with Crippen molar-refractivity contribution in [2.45, 2.75) is 19.3 Å². The van der Waals surface area contributed by atoms with Crippen molar-refractivity contribution in [2.24, 2.45) is 5.92 Å². The lowest BCUT2D eigenvalue weighted by Crippen LogP contribution is -2.37. The molecule has 1 unspecified atom stereocenters. The van der Waals surface area contributed by atoms with E-state index in [4.69, 9.17) is 21.1 Å². The molecule has 184 valence electrons. The molecule has 0 saturated heterocycles. The van der Waals surface area contributed by atoms with Crippen LogP contribution in [0.15, 0.2) is 85.2 Å². The van der Waals surface area contributed by atoms with Crippen LogP contribution in [-0.4, -0.2) is 12.6 Å². The molecule has 1 N–H and O–H groups in total. The van der Waals surface area contributed by atoms with Gasteiger partial charge in [-0.15, -0.1) is 0 Å². The molecule has 4 aliphatic rings. The standard InChI is InChI=1S/C26H19ClO3.C6H7N/c27-19-7-3-16-5-8-20-21(23(16)13-19)9-4-15-1-2-17(11-22(15)20)26(28)18-6-10-24-25(12-18)30-14-29-24;1-2-4-6-7-5-3-1/h3-4,6-13,17H,1-2,5,14H2;1-7H. The van der Waals surface area contributed by atoms with Gasteiger partial charge in [-0.2, -0.15) is 0 Å². The maximum atomic E-state index is 13.3. The summed E-state index contributed by atoms with van der Waals surface area (Å²) in [4.78, 5) is 13.3. The van der Waals surface area contributed by atoms with E-state index >= 15 is 0 Å². The summed E-state index contributed by atoms with van der Waals surface area (Å²) in [6, 6.07) is 16.0. The van der Waals surface area contributed by atoms with Crippen LogP contribution in [0.25, 0.3) is 23.3 Å². The van der Waals surface area contributed by atoms with Crippen LogP contribution in [0.2, 0.25) is 5.02 Å². The summed E-state index contributed by atoms with van der Waals surface area (Å²) in [5.41, 5.74) is 5.67. The number of allylic oxidation sites excluding steroid dienone is 4. The van der Waals surface area contributed by atoms with Gasteiger partial charge in [-0.3, -0.25) is 4.79 Å². The van der Waals surface area contributed by atoms with Gasteiger partial charge in [-0.25, -0.2) is 0 Å². The number of fused-ring (bicyclic) bond motifs is 6. The fourth-order valence-electron chi connectivity index (χ4n) is 5.21. The summed E-state index contributed by atoms with van der Waals surface area (Å²) >= 11 is 6.28. The first-order valence-corrected chi connectivity index (χ1v) is 12.9. The molecular formula is C32H26ClNO3. The minimum atomic E-state index is -0.140. The Bertz CT molecular complexity index is 1580. The van der Waals surface area contributed by atoms with Crippen molar-refractivity contribution in [1.29, 1.82) is 0 Å². The number of ketones is 1. The highest BCUT2D eigenvalue weighted by Gasteiger charge is 2.25. The average Bonchev–Trinajstić information content (AvgIpc) is 3.20. The molecule has 2 aliphatic carbocycles. The van der Waals surface area contributed by atoms with Crippen molar-refractivity contribution >= 4 is 29.5 Å². The number of ether oxygens (including phenoxy) is 2. The van der Waals surface area contributed by atoms with Crippen LogP contribution in [0.5, 0.6) is 11.5 Å². The van der Waals surface area contributed by atoms with Gasteiger partial charge < -0.3 is 14.8 Å². The van der Waals surface area contributed by atoms with Crippen molar-refractivity contribution in [3.8, 4) is 22.6 Å². The zero-order chi connectivity index (χ0) is 25.2. The van der Waals surface area contributed by atoms with Gasteiger partial charge in [0.15, 0.2) is 17.3 Å². The minimum Gasteiger partial charge on any atom is -0.454 e. The average molecular weight is 508 g/mol. The number of rotatable bonds is 2. The van der Waals surface area contributed by atoms with E-state index < -0.39 is 0 Å². The lowest BCUT2D eigenvalue weighted by molar-refractivity contribution is 0.0946. The number of nitrogens with one attached hydrogen (secondary N) is 1. The Labute approximate surface area is 220 Å². The predicted octanol–water partition coefficient (Wildman–Crippen LogP) is 5.47. The zero-order valence-corrected chi connectivity index (χ0v) is 21.0. The van der Waals surface area contributed by atoms with Crippen LogP contribution in [0.4, 0.5) is 0 Å². The molecule has 0 radical (unpaired) electrons. The fraction of sp³-hybridized carbons (Fsp3) is 0.156. The predicted molar refractivity (Wildman–Crippen MR) is 148 cm³/mol. The second-order valence-electron chi connectivity index (χ2n) is 9.32. The molecule has 0 amide bonds. The molecule has 0 saturated carbocycles. The number of hydrogen-bond acceptors (Lipinski definition) is 4. The maximum Gasteiger partial charge on any atom is 0.231 e. The molecule has 5 heteroatoms. The van der Waals surface area contributed by atoms with E-state index in [9.17, 15) is 4.79 Å². The van der Waals surface area contributed by atoms with Crippen LogP contribution < -0.4 is 25.2 Å². The van der Waals surface area contributed by atoms with E-state index in [2.05, 4.69) is 35.7 Å². The Morgan fingerprint density at radius 3 is 2.51 bits per heavy atom. The van der Waals surface area contributed by atoms with Gasteiger partial charge in [0.2, 0.25) is 6.79 Å². The molecule has 2 aliphatic heterocycles. The Morgan fingerprint density at radius 1 is 0.838 bits per heavy atom. The first kappa shape index (κ1) is 23.4. The van der Waals surface area contributed by atoms with Crippen molar-refractivity contribution in [1.82, 2.24) is 5.32 Å². The van der Waals surface area contributed by atoms with Crippen LogP contribution in [0, 0.1) is 5.92 Å². The molecule has 0 fully saturated rings. The van der Waals surface area contributed by atoms with E-state index in [1.54, 1.807) is 6.07 Å². The van der Waals surface area contributed by atoms with Gasteiger partial charge in [0.05, 0.1) is 0 Å². The number of aryl methyl sites for hydroxylation is 1. The van der Waals surface area contributed by atoms with Crippen LogP contribution in [0.1, 0.15) is 27.9 Å². The van der Waals surface area contributed by atoms with E-state index in [-0.39, 0.29) is 18.5 Å². The third-order valence-electron chi connectivity index (χ3n) is 7.07. The molecule has 7 rings (SSSR count). The van der Waals surface area contributed by atoms with E-state index in [0.717, 1.165) is 24.3 Å². The molecule has 2 heterocycles. The van der Waals surface area contributed by atoms with Gasteiger partial charge in [0, 0.05) is 28.9 Å². The Kier molecular flexibility index (Phi) is 6.42. The topological polar surface area (TPSA) is 47.6 Å². The molecule has 37 heavy (non-hydrogen) atoms. The van der Waals surface area contributed by atoms with Crippen molar-refractivity contribution in [2.75, 3.05) is 6.79 Å². The highest BCUT2D eigenvalue weighted by molar-refractivity contribution is 6.30. The van der Waals surface area contributed by atoms with Gasteiger partial charge >= 0.3 is 0 Å². The Morgan fingerprint density at radius 2 is 1.65 bits per heavy atom. The number of Topliss-reactive ketones (excluding diaryl/α,β-unsaturated/α-hetero) is 1. The summed E-state index contributed by atoms with van der Waals surface area (Å²) in [5.74, 6) is 1.34. The zero-order valence-electron chi connectivity index (χ0n) is 20.2. The molecule has 3 aromatic carbocycles. The van der Waals surface area contributed by atoms with Gasteiger partial charge in [-0.1, -0.05) is 54.1 Å². The molecule has 0 bridgehead atoms.